The van der Waals surface area contributed by atoms with Crippen molar-refractivity contribution in [3.05, 3.63) is 35.9 Å². The van der Waals surface area contributed by atoms with Gasteiger partial charge in [0.2, 0.25) is 5.12 Å². The molecule has 1 fully saturated rings. The quantitative estimate of drug-likeness (QED) is 0.774. The van der Waals surface area contributed by atoms with Gasteiger partial charge in [0, 0.05) is 5.56 Å². The first-order valence-electron chi connectivity index (χ1n) is 4.01. The molecule has 1 heterocycles. The molecule has 0 bridgehead atoms. The van der Waals surface area contributed by atoms with Gasteiger partial charge in [-0.25, -0.2) is 0 Å². The Hall–Kier alpha value is -0.840. The van der Waals surface area contributed by atoms with Gasteiger partial charge in [-0.15, -0.1) is 0 Å². The number of rotatable bonds is 2. The van der Waals surface area contributed by atoms with Crippen molar-refractivity contribution in [1.82, 2.24) is 5.48 Å². The van der Waals surface area contributed by atoms with Crippen molar-refractivity contribution in [2.75, 3.05) is 6.54 Å². The van der Waals surface area contributed by atoms with E-state index in [9.17, 15) is 4.79 Å². The summed E-state index contributed by atoms with van der Waals surface area (Å²) in [7, 11) is 0. The van der Waals surface area contributed by atoms with E-state index in [0.717, 1.165) is 12.1 Å². The molecule has 0 spiro atoms. The maximum Gasteiger partial charge on any atom is 0.221 e. The minimum absolute atomic E-state index is 0.0206. The van der Waals surface area contributed by atoms with Crippen LogP contribution in [0.3, 0.4) is 0 Å². The van der Waals surface area contributed by atoms with E-state index in [2.05, 4.69) is 5.48 Å². The van der Waals surface area contributed by atoms with Gasteiger partial charge in [-0.05, 0) is 11.8 Å². The first kappa shape index (κ1) is 8.74. The molecule has 13 heavy (non-hydrogen) atoms. The van der Waals surface area contributed by atoms with Gasteiger partial charge in [0.15, 0.2) is 0 Å². The Bertz CT molecular complexity index is 298. The lowest BCUT2D eigenvalue weighted by atomic mass is 10.2. The van der Waals surface area contributed by atoms with E-state index in [1.54, 1.807) is 12.1 Å². The van der Waals surface area contributed by atoms with E-state index >= 15 is 0 Å². The largest absolute Gasteiger partial charge is 0.286 e. The highest BCUT2D eigenvalue weighted by atomic mass is 32.2. The molecule has 1 aromatic rings. The van der Waals surface area contributed by atoms with E-state index in [-0.39, 0.29) is 10.6 Å². The second kappa shape index (κ2) is 3.91. The normalized spacial score (nSPS) is 20.8. The Balaban J connectivity index is 1.97. The molecular formula is C9H9NO2S. The fourth-order valence-electron chi connectivity index (χ4n) is 0.979. The van der Waals surface area contributed by atoms with Crippen LogP contribution in [0.25, 0.3) is 0 Å². The van der Waals surface area contributed by atoms with E-state index in [1.165, 1.54) is 11.8 Å². The maximum absolute atomic E-state index is 11.5. The molecule has 1 aliphatic heterocycles. The van der Waals surface area contributed by atoms with Gasteiger partial charge in [0.1, 0.15) is 5.44 Å². The minimum atomic E-state index is -0.0206. The van der Waals surface area contributed by atoms with Gasteiger partial charge in [-0.1, -0.05) is 30.3 Å². The van der Waals surface area contributed by atoms with Gasteiger partial charge < -0.3 is 0 Å². The molecule has 1 atom stereocenters. The van der Waals surface area contributed by atoms with E-state index in [0.29, 0.717) is 0 Å². The summed E-state index contributed by atoms with van der Waals surface area (Å²) in [6.07, 6.45) is 0. The standard InChI is InChI=1S/C9H9NO2S/c11-9(13-8-6-10-12-8)7-4-2-1-3-5-7/h1-5,8,10H,6H2/t8-/m1/s1. The number of carbonyl (C=O) groups excluding carboxylic acids is 1. The predicted molar refractivity (Wildman–Crippen MR) is 51.2 cm³/mol. The minimum Gasteiger partial charge on any atom is -0.286 e. The highest BCUT2D eigenvalue weighted by Crippen LogP contribution is 2.21. The third-order valence-electron chi connectivity index (χ3n) is 1.71. The number of nitrogens with one attached hydrogen (secondary N) is 1. The van der Waals surface area contributed by atoms with Crippen molar-refractivity contribution in [3.8, 4) is 0 Å². The average Bonchev–Trinajstić information content (AvgIpc) is 2.12. The smallest absolute Gasteiger partial charge is 0.221 e. The molecular weight excluding hydrogens is 186 g/mol. The van der Waals surface area contributed by atoms with Crippen LogP contribution >= 0.6 is 11.8 Å². The lowest BCUT2D eigenvalue weighted by Crippen LogP contribution is -2.42. The highest BCUT2D eigenvalue weighted by Gasteiger charge is 2.22. The Labute approximate surface area is 80.4 Å². The SMILES string of the molecule is O=C(S[C@@H]1CNO1)c1ccccc1. The summed E-state index contributed by atoms with van der Waals surface area (Å²) in [6, 6.07) is 9.22. The summed E-state index contributed by atoms with van der Waals surface area (Å²) in [6.45, 7) is 0.739. The molecule has 4 heteroatoms. The third-order valence-corrected chi connectivity index (χ3v) is 2.69. The summed E-state index contributed by atoms with van der Waals surface area (Å²) in [5.41, 5.74) is 3.35. The van der Waals surface area contributed by atoms with Crippen LogP contribution in [-0.4, -0.2) is 17.1 Å². The lowest BCUT2D eigenvalue weighted by Gasteiger charge is -2.24. The number of carbonyl (C=O) groups is 1. The fourth-order valence-corrected chi connectivity index (χ4v) is 1.76. The van der Waals surface area contributed by atoms with Crippen LogP contribution in [-0.2, 0) is 4.84 Å². The van der Waals surface area contributed by atoms with Gasteiger partial charge in [0.25, 0.3) is 0 Å². The molecule has 0 aromatic heterocycles. The monoisotopic (exact) mass is 195 g/mol. The summed E-state index contributed by atoms with van der Waals surface area (Å²) < 4.78 is 0. The van der Waals surface area contributed by atoms with E-state index in [4.69, 9.17) is 4.84 Å². The van der Waals surface area contributed by atoms with Crippen LogP contribution in [0.5, 0.6) is 0 Å². The Morgan fingerprint density at radius 2 is 2.15 bits per heavy atom. The molecule has 68 valence electrons. The number of hydroxylamine groups is 1. The molecule has 1 saturated heterocycles. The first-order valence-corrected chi connectivity index (χ1v) is 4.89. The molecule has 1 aliphatic rings. The van der Waals surface area contributed by atoms with Crippen molar-refractivity contribution >= 4 is 16.9 Å². The summed E-state index contributed by atoms with van der Waals surface area (Å²) in [5.74, 6) is 0. The van der Waals surface area contributed by atoms with Gasteiger partial charge in [-0.3, -0.25) is 9.63 Å². The molecule has 0 amide bonds. The van der Waals surface area contributed by atoms with Crippen LogP contribution in [0, 0.1) is 0 Å². The van der Waals surface area contributed by atoms with Gasteiger partial charge in [-0.2, -0.15) is 5.48 Å². The third kappa shape index (κ3) is 2.09. The average molecular weight is 195 g/mol. The zero-order chi connectivity index (χ0) is 9.10. The molecule has 1 N–H and O–H groups in total. The molecule has 0 aliphatic carbocycles. The van der Waals surface area contributed by atoms with Crippen LogP contribution in [0.15, 0.2) is 30.3 Å². The van der Waals surface area contributed by atoms with Crippen molar-refractivity contribution in [2.45, 2.75) is 5.44 Å². The second-order valence-electron chi connectivity index (χ2n) is 2.67. The topological polar surface area (TPSA) is 38.3 Å². The van der Waals surface area contributed by atoms with Gasteiger partial charge in [0.05, 0.1) is 6.54 Å². The molecule has 0 radical (unpaired) electrons. The Morgan fingerprint density at radius 3 is 2.69 bits per heavy atom. The molecule has 3 nitrogen and oxygen atoms in total. The zero-order valence-electron chi connectivity index (χ0n) is 6.90. The Kier molecular flexibility index (Phi) is 2.63. The summed E-state index contributed by atoms with van der Waals surface area (Å²) in [4.78, 5) is 16.4. The number of benzene rings is 1. The van der Waals surface area contributed by atoms with Crippen molar-refractivity contribution < 1.29 is 9.63 Å². The van der Waals surface area contributed by atoms with Crippen LogP contribution in [0.1, 0.15) is 10.4 Å². The molecule has 0 unspecified atom stereocenters. The summed E-state index contributed by atoms with van der Waals surface area (Å²) in [5, 5.41) is 0.0621. The number of hydrogen-bond donors (Lipinski definition) is 1. The predicted octanol–water partition coefficient (Wildman–Crippen LogP) is 1.42. The van der Waals surface area contributed by atoms with E-state index < -0.39 is 0 Å². The molecule has 0 saturated carbocycles. The molecule has 1 aromatic carbocycles. The van der Waals surface area contributed by atoms with Crippen LogP contribution < -0.4 is 5.48 Å². The van der Waals surface area contributed by atoms with E-state index in [1.807, 2.05) is 18.2 Å². The fraction of sp³-hybridized carbons (Fsp3) is 0.222. The van der Waals surface area contributed by atoms with Gasteiger partial charge >= 0.3 is 0 Å². The zero-order valence-corrected chi connectivity index (χ0v) is 7.71. The van der Waals surface area contributed by atoms with Crippen molar-refractivity contribution in [2.24, 2.45) is 0 Å². The van der Waals surface area contributed by atoms with Crippen LogP contribution in [0.2, 0.25) is 0 Å². The number of hydrogen-bond acceptors (Lipinski definition) is 4. The second-order valence-corrected chi connectivity index (χ2v) is 3.80. The number of thioether (sulfide) groups is 1. The lowest BCUT2D eigenvalue weighted by molar-refractivity contribution is -0.0707. The summed E-state index contributed by atoms with van der Waals surface area (Å²) >= 11 is 1.22. The van der Waals surface area contributed by atoms with Crippen molar-refractivity contribution in [1.29, 1.82) is 0 Å². The van der Waals surface area contributed by atoms with Crippen molar-refractivity contribution in [3.63, 3.8) is 0 Å². The maximum atomic E-state index is 11.5. The Morgan fingerprint density at radius 1 is 1.46 bits per heavy atom. The molecule has 2 rings (SSSR count). The first-order chi connectivity index (χ1) is 6.36. The van der Waals surface area contributed by atoms with Crippen LogP contribution in [0.4, 0.5) is 0 Å². The highest BCUT2D eigenvalue weighted by molar-refractivity contribution is 8.14.